The van der Waals surface area contributed by atoms with Crippen molar-refractivity contribution in [3.05, 3.63) is 11.6 Å². The third-order valence-electron chi connectivity index (χ3n) is 6.37. The van der Waals surface area contributed by atoms with Gasteiger partial charge < -0.3 is 9.47 Å². The maximum absolute atomic E-state index is 10.2. The maximum Gasteiger partial charge on any atom is 0.206 e. The van der Waals surface area contributed by atoms with Gasteiger partial charge in [-0.2, -0.15) is 10.5 Å². The van der Waals surface area contributed by atoms with E-state index in [9.17, 15) is 10.5 Å². The molecule has 0 spiro atoms. The molecule has 6 atom stereocenters. The molecule has 2 aliphatic carbocycles. The van der Waals surface area contributed by atoms with Crippen molar-refractivity contribution < 1.29 is 9.47 Å². The Morgan fingerprint density at radius 1 is 1.08 bits per heavy atom. The summed E-state index contributed by atoms with van der Waals surface area (Å²) in [5, 5.41) is 20.1. The van der Waals surface area contributed by atoms with E-state index in [0.29, 0.717) is 17.4 Å². The lowest BCUT2D eigenvalue weighted by Gasteiger charge is -2.61. The molecule has 0 aromatic carbocycles. The van der Waals surface area contributed by atoms with Crippen LogP contribution < -0.4 is 0 Å². The average Bonchev–Trinajstić information content (AvgIpc) is 2.65. The molecule has 136 valence electrons. The third-order valence-corrected chi connectivity index (χ3v) is 6.37. The fourth-order valence-corrected chi connectivity index (χ4v) is 5.49. The van der Waals surface area contributed by atoms with E-state index in [0.717, 1.165) is 0 Å². The van der Waals surface area contributed by atoms with Crippen LogP contribution in [0.2, 0.25) is 0 Å². The van der Waals surface area contributed by atoms with Gasteiger partial charge in [0.05, 0.1) is 41.4 Å². The van der Waals surface area contributed by atoms with Crippen molar-refractivity contribution in [2.24, 2.45) is 33.2 Å². The maximum atomic E-state index is 10.2. The predicted molar refractivity (Wildman–Crippen MR) is 96.3 cm³/mol. The lowest BCUT2D eigenvalue weighted by atomic mass is 9.41. The Kier molecular flexibility index (Phi) is 3.21. The van der Waals surface area contributed by atoms with Crippen molar-refractivity contribution in [3.63, 3.8) is 0 Å². The van der Waals surface area contributed by atoms with E-state index in [1.54, 1.807) is 0 Å². The zero-order valence-electron chi connectivity index (χ0n) is 16.1. The second kappa shape index (κ2) is 4.88. The highest BCUT2D eigenvalue weighted by Crippen LogP contribution is 2.73. The van der Waals surface area contributed by atoms with Gasteiger partial charge in [-0.25, -0.2) is 9.98 Å². The van der Waals surface area contributed by atoms with Crippen molar-refractivity contribution in [2.45, 2.75) is 64.8 Å². The van der Waals surface area contributed by atoms with Crippen molar-refractivity contribution in [2.75, 3.05) is 0 Å². The normalized spacial score (nSPS) is 44.4. The van der Waals surface area contributed by atoms with E-state index in [2.05, 4.69) is 19.1 Å². The number of aliphatic imine (C=N–C) groups is 2. The van der Waals surface area contributed by atoms with Gasteiger partial charge in [-0.1, -0.05) is 6.08 Å². The van der Waals surface area contributed by atoms with Crippen LogP contribution in [-0.4, -0.2) is 35.1 Å². The van der Waals surface area contributed by atoms with Crippen LogP contribution in [-0.2, 0) is 9.47 Å². The van der Waals surface area contributed by atoms with Gasteiger partial charge in [-0.3, -0.25) is 0 Å². The van der Waals surface area contributed by atoms with Crippen LogP contribution in [0.15, 0.2) is 21.6 Å². The smallest absolute Gasteiger partial charge is 0.206 e. The second-order valence-electron chi connectivity index (χ2n) is 8.68. The van der Waals surface area contributed by atoms with Gasteiger partial charge in [0.1, 0.15) is 11.0 Å². The second-order valence-corrected chi connectivity index (χ2v) is 8.68. The van der Waals surface area contributed by atoms with Gasteiger partial charge in [-0.15, -0.1) is 0 Å². The number of ether oxygens (including phenoxy) is 2. The number of nitriles is 2. The minimum absolute atomic E-state index is 0.0275. The highest BCUT2D eigenvalue weighted by molar-refractivity contribution is 5.98. The van der Waals surface area contributed by atoms with Gasteiger partial charge in [0.2, 0.25) is 5.90 Å². The molecule has 0 radical (unpaired) electrons. The Labute approximate surface area is 154 Å². The summed E-state index contributed by atoms with van der Waals surface area (Å²) >= 11 is 0. The first-order chi connectivity index (χ1) is 12.1. The van der Waals surface area contributed by atoms with Gasteiger partial charge in [0, 0.05) is 11.8 Å². The fourth-order valence-electron chi connectivity index (χ4n) is 5.49. The summed E-state index contributed by atoms with van der Waals surface area (Å²) in [6.07, 6.45) is 1.81. The topological polar surface area (TPSA) is 90.8 Å². The molecule has 6 bridgehead atoms. The first-order valence-corrected chi connectivity index (χ1v) is 9.22. The minimum atomic E-state index is -0.882. The van der Waals surface area contributed by atoms with E-state index in [1.807, 2.05) is 40.7 Å². The number of rotatable bonds is 2. The van der Waals surface area contributed by atoms with Crippen molar-refractivity contribution in [3.8, 4) is 12.1 Å². The van der Waals surface area contributed by atoms with Gasteiger partial charge in [0.15, 0.2) is 5.90 Å². The molecule has 0 amide bonds. The molecule has 1 fully saturated rings. The molecule has 0 saturated heterocycles. The molecule has 6 nitrogen and oxygen atoms in total. The van der Waals surface area contributed by atoms with Crippen LogP contribution in [0.4, 0.5) is 0 Å². The molecule has 6 unspecified atom stereocenters. The average molecular weight is 352 g/mol. The summed E-state index contributed by atoms with van der Waals surface area (Å²) in [4.78, 5) is 9.81. The van der Waals surface area contributed by atoms with Gasteiger partial charge in [0.25, 0.3) is 0 Å². The first kappa shape index (κ1) is 17.1. The molecule has 5 rings (SSSR count). The Hall–Kier alpha value is -2.34. The molecule has 0 N–H and O–H groups in total. The van der Waals surface area contributed by atoms with Crippen LogP contribution in [0, 0.1) is 45.8 Å². The van der Waals surface area contributed by atoms with Crippen LogP contribution in [0.25, 0.3) is 0 Å². The minimum Gasteiger partial charge on any atom is -0.478 e. The van der Waals surface area contributed by atoms with E-state index in [-0.39, 0.29) is 30.0 Å². The van der Waals surface area contributed by atoms with Crippen LogP contribution in [0.1, 0.15) is 41.5 Å². The van der Waals surface area contributed by atoms with E-state index in [4.69, 9.17) is 19.5 Å². The number of nitrogens with zero attached hydrogens (tertiary/aromatic N) is 4. The zero-order chi connectivity index (χ0) is 19.1. The SMILES string of the molecule is CC(C)OC1=NC2(C)C3C=C(C#N)C4(C)N=C(OC(C)C)C3(C#N)C2C14. The number of hydrogen-bond acceptors (Lipinski definition) is 6. The Morgan fingerprint density at radius 3 is 2.27 bits per heavy atom. The van der Waals surface area contributed by atoms with Crippen LogP contribution >= 0.6 is 0 Å². The largest absolute Gasteiger partial charge is 0.478 e. The van der Waals surface area contributed by atoms with E-state index < -0.39 is 16.5 Å². The fraction of sp³-hybridized carbons (Fsp3) is 0.700. The van der Waals surface area contributed by atoms with E-state index >= 15 is 0 Å². The quantitative estimate of drug-likeness (QED) is 0.764. The summed E-state index contributed by atoms with van der Waals surface area (Å²) in [6.45, 7) is 11.8. The van der Waals surface area contributed by atoms with Crippen LogP contribution in [0.3, 0.4) is 0 Å². The Bertz CT molecular complexity index is 858. The monoisotopic (exact) mass is 352 g/mol. The summed E-state index contributed by atoms with van der Waals surface area (Å²) in [5.74, 6) is 0.530. The van der Waals surface area contributed by atoms with Crippen molar-refractivity contribution >= 4 is 11.8 Å². The van der Waals surface area contributed by atoms with Crippen molar-refractivity contribution in [1.29, 1.82) is 10.5 Å². The van der Waals surface area contributed by atoms with Gasteiger partial charge in [-0.05, 0) is 41.5 Å². The Morgan fingerprint density at radius 2 is 1.73 bits per heavy atom. The summed E-state index contributed by atoms with van der Waals surface area (Å²) < 4.78 is 12.1. The van der Waals surface area contributed by atoms with E-state index in [1.165, 1.54) is 0 Å². The molecule has 0 aromatic rings. The zero-order valence-corrected chi connectivity index (χ0v) is 16.1. The summed E-state index contributed by atoms with van der Waals surface area (Å²) in [5.41, 5.74) is -1.58. The molecule has 1 saturated carbocycles. The Balaban J connectivity index is 1.98. The first-order valence-electron chi connectivity index (χ1n) is 9.22. The predicted octanol–water partition coefficient (Wildman–Crippen LogP) is 3.01. The third kappa shape index (κ3) is 1.66. The lowest BCUT2D eigenvalue weighted by molar-refractivity contribution is -0.0549. The lowest BCUT2D eigenvalue weighted by Crippen LogP contribution is -2.72. The van der Waals surface area contributed by atoms with Crippen molar-refractivity contribution in [1.82, 2.24) is 0 Å². The molecule has 0 aromatic heterocycles. The molecule has 3 aliphatic heterocycles. The molecule has 5 aliphatic rings. The molecular formula is C20H24N4O2. The summed E-state index contributed by atoms with van der Waals surface area (Å²) in [6, 6.07) is 4.86. The highest BCUT2D eigenvalue weighted by atomic mass is 16.5. The summed E-state index contributed by atoms with van der Waals surface area (Å²) in [7, 11) is 0. The standard InChI is InChI=1S/C20H24N4O2/c1-10(2)25-16-14-15-19(6,23-16)13-7-12(8-21)18(14,5)24-17(26-11(3)4)20(13,15)9-22/h7,10-11,13-15H,1-6H3. The number of hydrogen-bond donors (Lipinski definition) is 0. The van der Waals surface area contributed by atoms with Crippen LogP contribution in [0.5, 0.6) is 0 Å². The van der Waals surface area contributed by atoms with Gasteiger partial charge >= 0.3 is 0 Å². The molecular weight excluding hydrogens is 328 g/mol. The molecule has 3 heterocycles. The molecule has 26 heavy (non-hydrogen) atoms. The highest BCUT2D eigenvalue weighted by Gasteiger charge is 2.83. The molecule has 6 heteroatoms.